The largest absolute Gasteiger partial charge is 0.497 e. The topological polar surface area (TPSA) is 46.6 Å². The summed E-state index contributed by atoms with van der Waals surface area (Å²) in [4.78, 5) is 26.4. The number of anilines is 1. The summed E-state index contributed by atoms with van der Waals surface area (Å²) < 4.78 is 5.25. The maximum absolute atomic E-state index is 12.9. The molecule has 0 radical (unpaired) electrons. The lowest BCUT2D eigenvalue weighted by atomic mass is 9.88. The lowest BCUT2D eigenvalue weighted by molar-refractivity contribution is 0.0981. The van der Waals surface area contributed by atoms with Crippen LogP contribution in [0.2, 0.25) is 0 Å². The zero-order valence-electron chi connectivity index (χ0n) is 13.3. The zero-order valence-corrected chi connectivity index (χ0v) is 13.3. The highest BCUT2D eigenvalue weighted by Crippen LogP contribution is 2.51. The van der Waals surface area contributed by atoms with Gasteiger partial charge in [0.05, 0.1) is 12.6 Å². The van der Waals surface area contributed by atoms with Gasteiger partial charge in [-0.05, 0) is 55.3 Å². The van der Waals surface area contributed by atoms with Gasteiger partial charge in [-0.25, -0.2) is 0 Å². The van der Waals surface area contributed by atoms with Crippen molar-refractivity contribution < 1.29 is 14.3 Å². The number of amides is 1. The fourth-order valence-electron chi connectivity index (χ4n) is 3.85. The van der Waals surface area contributed by atoms with E-state index in [9.17, 15) is 9.59 Å². The van der Waals surface area contributed by atoms with Crippen molar-refractivity contribution in [2.45, 2.75) is 25.8 Å². The first kappa shape index (κ1) is 14.0. The maximum Gasteiger partial charge on any atom is 0.259 e. The SMILES string of the molecule is COc1ccc2c(c1)C(=O)N1c3ccc(C(C)=O)cc3C[C@]21C. The smallest absolute Gasteiger partial charge is 0.259 e. The molecule has 4 heteroatoms. The number of methoxy groups -OCH3 is 1. The van der Waals surface area contributed by atoms with Gasteiger partial charge < -0.3 is 4.74 Å². The molecular weight excluding hydrogens is 290 g/mol. The molecule has 4 nitrogen and oxygen atoms in total. The molecule has 1 atom stereocenters. The molecule has 1 amide bonds. The molecular formula is C19H17NO3. The van der Waals surface area contributed by atoms with Gasteiger partial charge >= 0.3 is 0 Å². The fraction of sp³-hybridized carbons (Fsp3) is 0.263. The van der Waals surface area contributed by atoms with E-state index in [-0.39, 0.29) is 11.7 Å². The third kappa shape index (κ3) is 1.72. The number of benzene rings is 2. The number of hydrogen-bond acceptors (Lipinski definition) is 3. The summed E-state index contributed by atoms with van der Waals surface area (Å²) in [5.74, 6) is 0.728. The van der Waals surface area contributed by atoms with Crippen molar-refractivity contribution in [1.82, 2.24) is 0 Å². The Kier molecular flexibility index (Phi) is 2.71. The minimum Gasteiger partial charge on any atom is -0.497 e. The Morgan fingerprint density at radius 1 is 1.22 bits per heavy atom. The Bertz CT molecular complexity index is 871. The summed E-state index contributed by atoms with van der Waals surface area (Å²) in [6.45, 7) is 3.64. The van der Waals surface area contributed by atoms with E-state index in [0.29, 0.717) is 23.3 Å². The number of ketones is 1. The molecule has 116 valence electrons. The van der Waals surface area contributed by atoms with Crippen LogP contribution in [0.3, 0.4) is 0 Å². The summed E-state index contributed by atoms with van der Waals surface area (Å²) in [7, 11) is 1.60. The average molecular weight is 307 g/mol. The number of fused-ring (bicyclic) bond motifs is 5. The van der Waals surface area contributed by atoms with Crippen LogP contribution in [0.25, 0.3) is 0 Å². The number of rotatable bonds is 2. The van der Waals surface area contributed by atoms with E-state index >= 15 is 0 Å². The van der Waals surface area contributed by atoms with Crippen LogP contribution in [0.1, 0.15) is 45.7 Å². The number of nitrogens with zero attached hydrogens (tertiary/aromatic N) is 1. The van der Waals surface area contributed by atoms with Gasteiger partial charge in [-0.2, -0.15) is 0 Å². The van der Waals surface area contributed by atoms with Gasteiger partial charge in [-0.1, -0.05) is 6.07 Å². The van der Waals surface area contributed by atoms with Crippen LogP contribution in [0.4, 0.5) is 5.69 Å². The quantitative estimate of drug-likeness (QED) is 0.800. The summed E-state index contributed by atoms with van der Waals surface area (Å²) in [5.41, 5.74) is 3.97. The summed E-state index contributed by atoms with van der Waals surface area (Å²) in [6.07, 6.45) is 0.717. The Balaban J connectivity index is 1.87. The van der Waals surface area contributed by atoms with E-state index in [1.807, 2.05) is 35.2 Å². The molecule has 0 N–H and O–H groups in total. The minimum absolute atomic E-state index is 0.00396. The van der Waals surface area contributed by atoms with E-state index in [1.165, 1.54) is 0 Å². The molecule has 2 aliphatic rings. The van der Waals surface area contributed by atoms with Gasteiger partial charge in [0.25, 0.3) is 5.91 Å². The molecule has 0 aliphatic carbocycles. The Morgan fingerprint density at radius 3 is 2.70 bits per heavy atom. The van der Waals surface area contributed by atoms with Crippen LogP contribution in [0.15, 0.2) is 36.4 Å². The summed E-state index contributed by atoms with van der Waals surface area (Å²) in [5, 5.41) is 0. The first-order chi connectivity index (χ1) is 11.0. The van der Waals surface area contributed by atoms with Crippen molar-refractivity contribution in [3.63, 3.8) is 0 Å². The van der Waals surface area contributed by atoms with Crippen LogP contribution in [0.5, 0.6) is 5.75 Å². The molecule has 0 saturated carbocycles. The molecule has 0 aromatic heterocycles. The molecule has 0 fully saturated rings. The molecule has 4 rings (SSSR count). The normalized spacial score (nSPS) is 21.0. The second kappa shape index (κ2) is 4.44. The predicted octanol–water partition coefficient (Wildman–Crippen LogP) is 3.33. The number of carbonyl (C=O) groups excluding carboxylic acids is 2. The Labute approximate surface area is 134 Å². The van der Waals surface area contributed by atoms with Crippen LogP contribution >= 0.6 is 0 Å². The van der Waals surface area contributed by atoms with Gasteiger partial charge in [0.1, 0.15) is 5.75 Å². The second-order valence-electron chi connectivity index (χ2n) is 6.40. The van der Waals surface area contributed by atoms with Gasteiger partial charge in [0.15, 0.2) is 5.78 Å². The standard InChI is InChI=1S/C19H17NO3/c1-11(21)12-4-7-17-13(8-12)10-19(2)16-6-5-14(23-3)9-15(16)18(22)20(17)19/h4-9H,10H2,1-3H3/t19-/m1/s1. The van der Waals surface area contributed by atoms with Crippen molar-refractivity contribution in [1.29, 1.82) is 0 Å². The van der Waals surface area contributed by atoms with E-state index in [2.05, 4.69) is 6.92 Å². The molecule has 2 aromatic rings. The van der Waals surface area contributed by atoms with Gasteiger partial charge in [-0.15, -0.1) is 0 Å². The predicted molar refractivity (Wildman–Crippen MR) is 87.3 cm³/mol. The number of ether oxygens (including phenoxy) is 1. The first-order valence-electron chi connectivity index (χ1n) is 7.62. The highest BCUT2D eigenvalue weighted by Gasteiger charge is 2.51. The van der Waals surface area contributed by atoms with Crippen molar-refractivity contribution in [2.24, 2.45) is 0 Å². The van der Waals surface area contributed by atoms with Gasteiger partial charge in [0, 0.05) is 23.2 Å². The summed E-state index contributed by atoms with van der Waals surface area (Å²) >= 11 is 0. The Hall–Kier alpha value is -2.62. The van der Waals surface area contributed by atoms with Crippen LogP contribution in [-0.4, -0.2) is 18.8 Å². The van der Waals surface area contributed by atoms with Crippen LogP contribution in [-0.2, 0) is 12.0 Å². The highest BCUT2D eigenvalue weighted by atomic mass is 16.5. The van der Waals surface area contributed by atoms with Gasteiger partial charge in [0.2, 0.25) is 0 Å². The zero-order chi connectivity index (χ0) is 16.4. The summed E-state index contributed by atoms with van der Waals surface area (Å²) in [6, 6.07) is 11.3. The van der Waals surface area contributed by atoms with E-state index in [1.54, 1.807) is 20.1 Å². The lowest BCUT2D eigenvalue weighted by Crippen LogP contribution is -2.38. The lowest BCUT2D eigenvalue weighted by Gasteiger charge is -2.28. The van der Waals surface area contributed by atoms with Gasteiger partial charge in [-0.3, -0.25) is 14.5 Å². The fourth-order valence-corrected chi connectivity index (χ4v) is 3.85. The maximum atomic E-state index is 12.9. The van der Waals surface area contributed by atoms with Crippen LogP contribution < -0.4 is 9.64 Å². The molecule has 2 aromatic carbocycles. The first-order valence-corrected chi connectivity index (χ1v) is 7.62. The molecule has 2 heterocycles. The molecule has 23 heavy (non-hydrogen) atoms. The number of hydrogen-bond donors (Lipinski definition) is 0. The van der Waals surface area contributed by atoms with Crippen molar-refractivity contribution in [3.05, 3.63) is 58.7 Å². The number of carbonyl (C=O) groups is 2. The van der Waals surface area contributed by atoms with E-state index < -0.39 is 5.54 Å². The molecule has 2 aliphatic heterocycles. The van der Waals surface area contributed by atoms with E-state index in [0.717, 1.165) is 16.8 Å². The van der Waals surface area contributed by atoms with Crippen LogP contribution in [0, 0.1) is 0 Å². The highest BCUT2D eigenvalue weighted by molar-refractivity contribution is 6.14. The Morgan fingerprint density at radius 2 is 2.00 bits per heavy atom. The number of Topliss-reactive ketones (excluding diaryl/α,β-unsaturated/α-hetero) is 1. The second-order valence-corrected chi connectivity index (χ2v) is 6.40. The average Bonchev–Trinajstić information content (AvgIpc) is 2.95. The minimum atomic E-state index is -0.392. The molecule has 0 unspecified atom stereocenters. The monoisotopic (exact) mass is 307 g/mol. The third-order valence-corrected chi connectivity index (χ3v) is 5.00. The third-order valence-electron chi connectivity index (χ3n) is 5.00. The molecule has 0 spiro atoms. The van der Waals surface area contributed by atoms with Crippen molar-refractivity contribution in [3.8, 4) is 5.75 Å². The van der Waals surface area contributed by atoms with Crippen molar-refractivity contribution >= 4 is 17.4 Å². The van der Waals surface area contributed by atoms with Crippen molar-refractivity contribution in [2.75, 3.05) is 12.0 Å². The molecule has 0 bridgehead atoms. The van der Waals surface area contributed by atoms with E-state index in [4.69, 9.17) is 4.74 Å². The molecule has 0 saturated heterocycles.